The van der Waals surface area contributed by atoms with Gasteiger partial charge in [-0.3, -0.25) is 0 Å². The number of nitriles is 1. The Labute approximate surface area is 130 Å². The first-order chi connectivity index (χ1) is 9.76. The van der Waals surface area contributed by atoms with Crippen LogP contribution < -0.4 is 10.5 Å². The molecule has 2 aromatic rings. The highest BCUT2D eigenvalue weighted by Crippen LogP contribution is 2.24. The lowest BCUT2D eigenvalue weighted by Gasteiger charge is -2.26. The molecule has 1 aromatic carbocycles. The summed E-state index contributed by atoms with van der Waals surface area (Å²) >= 11 is 0. The third-order valence-corrected chi connectivity index (χ3v) is 3.82. The summed E-state index contributed by atoms with van der Waals surface area (Å²) < 4.78 is 5.94. The van der Waals surface area contributed by atoms with Crippen LogP contribution in [0.1, 0.15) is 31.2 Å². The number of para-hydroxylation sites is 1. The third kappa shape index (κ3) is 3.44. The van der Waals surface area contributed by atoms with E-state index in [1.165, 1.54) is 0 Å². The molecule has 2 N–H and O–H groups in total. The molecule has 0 bridgehead atoms. The summed E-state index contributed by atoms with van der Waals surface area (Å²) in [6.07, 6.45) is 4.14. The van der Waals surface area contributed by atoms with E-state index in [1.54, 1.807) is 6.07 Å². The van der Waals surface area contributed by atoms with Crippen LogP contribution in [0.5, 0.6) is 5.88 Å². The molecular formula is C16H18ClN3O. The highest BCUT2D eigenvalue weighted by Gasteiger charge is 2.20. The van der Waals surface area contributed by atoms with Gasteiger partial charge in [0.1, 0.15) is 12.2 Å². The zero-order valence-corrected chi connectivity index (χ0v) is 12.5. The van der Waals surface area contributed by atoms with Crippen molar-refractivity contribution in [2.75, 3.05) is 0 Å². The minimum absolute atomic E-state index is 0. The Kier molecular flexibility index (Phi) is 5.00. The summed E-state index contributed by atoms with van der Waals surface area (Å²) in [5, 5.41) is 10.1. The number of ether oxygens (including phenoxy) is 1. The van der Waals surface area contributed by atoms with Crippen LogP contribution in [0, 0.1) is 11.3 Å². The van der Waals surface area contributed by atoms with Crippen molar-refractivity contribution in [2.24, 2.45) is 5.73 Å². The lowest BCUT2D eigenvalue weighted by atomic mass is 9.94. The van der Waals surface area contributed by atoms with Crippen LogP contribution in [0.15, 0.2) is 30.3 Å². The predicted molar refractivity (Wildman–Crippen MR) is 84.6 cm³/mol. The molecule has 0 spiro atoms. The Bertz CT molecular complexity index is 660. The van der Waals surface area contributed by atoms with Gasteiger partial charge in [-0.15, -0.1) is 12.4 Å². The number of nitrogens with zero attached hydrogens (tertiary/aromatic N) is 2. The van der Waals surface area contributed by atoms with Gasteiger partial charge in [-0.25, -0.2) is 4.98 Å². The van der Waals surface area contributed by atoms with Gasteiger partial charge >= 0.3 is 0 Å². The molecule has 110 valence electrons. The zero-order chi connectivity index (χ0) is 13.9. The summed E-state index contributed by atoms with van der Waals surface area (Å²) in [6.45, 7) is 0. The molecule has 3 rings (SSSR count). The van der Waals surface area contributed by atoms with Gasteiger partial charge in [0.25, 0.3) is 0 Å². The minimum atomic E-state index is 0. The number of aromatic nitrogens is 1. The minimum Gasteiger partial charge on any atom is -0.474 e. The molecule has 1 aliphatic carbocycles. The summed E-state index contributed by atoms with van der Waals surface area (Å²) in [6, 6.07) is 11.9. The molecular weight excluding hydrogens is 286 g/mol. The number of rotatable bonds is 2. The van der Waals surface area contributed by atoms with Crippen LogP contribution in [0.2, 0.25) is 0 Å². The number of benzene rings is 1. The summed E-state index contributed by atoms with van der Waals surface area (Å²) in [5.74, 6) is 0.598. The quantitative estimate of drug-likeness (QED) is 0.925. The smallest absolute Gasteiger partial charge is 0.214 e. The van der Waals surface area contributed by atoms with Gasteiger partial charge in [-0.05, 0) is 37.8 Å². The van der Waals surface area contributed by atoms with Crippen LogP contribution in [0.3, 0.4) is 0 Å². The second-order valence-corrected chi connectivity index (χ2v) is 5.29. The summed E-state index contributed by atoms with van der Waals surface area (Å²) in [7, 11) is 0. The lowest BCUT2D eigenvalue weighted by Crippen LogP contribution is -2.31. The average molecular weight is 304 g/mol. The Balaban J connectivity index is 0.00000161. The monoisotopic (exact) mass is 303 g/mol. The van der Waals surface area contributed by atoms with Crippen molar-refractivity contribution in [3.05, 3.63) is 35.9 Å². The van der Waals surface area contributed by atoms with Crippen LogP contribution in [-0.2, 0) is 0 Å². The highest BCUT2D eigenvalue weighted by molar-refractivity contribution is 5.85. The van der Waals surface area contributed by atoms with Gasteiger partial charge in [0.2, 0.25) is 5.88 Å². The fourth-order valence-corrected chi connectivity index (χ4v) is 2.66. The maximum Gasteiger partial charge on any atom is 0.214 e. The molecule has 5 heteroatoms. The maximum absolute atomic E-state index is 9.13. The number of hydrogen-bond acceptors (Lipinski definition) is 4. The van der Waals surface area contributed by atoms with Crippen LogP contribution in [-0.4, -0.2) is 17.1 Å². The van der Waals surface area contributed by atoms with Crippen molar-refractivity contribution in [1.82, 2.24) is 4.98 Å². The second kappa shape index (κ2) is 6.75. The van der Waals surface area contributed by atoms with Gasteiger partial charge in [0.05, 0.1) is 11.1 Å². The fraction of sp³-hybridized carbons (Fsp3) is 0.375. The molecule has 1 heterocycles. The van der Waals surface area contributed by atoms with Crippen molar-refractivity contribution in [3.8, 4) is 11.9 Å². The van der Waals surface area contributed by atoms with Gasteiger partial charge in [0, 0.05) is 17.5 Å². The van der Waals surface area contributed by atoms with E-state index >= 15 is 0 Å². The van der Waals surface area contributed by atoms with E-state index in [0.717, 1.165) is 31.1 Å². The standard InChI is InChI=1S/C16H17N3O.ClH/c17-10-12-3-1-2-11-4-9-15(19-16(11)12)20-14-7-5-13(18)6-8-14;/h1-4,9,13-14H,5-8,18H2;1H. The number of halogens is 1. The largest absolute Gasteiger partial charge is 0.474 e. The predicted octanol–water partition coefficient (Wildman–Crippen LogP) is 3.18. The molecule has 0 unspecified atom stereocenters. The molecule has 0 amide bonds. The van der Waals surface area contributed by atoms with E-state index in [9.17, 15) is 0 Å². The van der Waals surface area contributed by atoms with Crippen molar-refractivity contribution in [1.29, 1.82) is 5.26 Å². The third-order valence-electron chi connectivity index (χ3n) is 3.82. The molecule has 1 fully saturated rings. The van der Waals surface area contributed by atoms with Crippen molar-refractivity contribution in [3.63, 3.8) is 0 Å². The molecule has 21 heavy (non-hydrogen) atoms. The molecule has 0 atom stereocenters. The summed E-state index contributed by atoms with van der Waals surface area (Å²) in [5.41, 5.74) is 7.19. The fourth-order valence-electron chi connectivity index (χ4n) is 2.66. The molecule has 1 aromatic heterocycles. The Morgan fingerprint density at radius 1 is 1.14 bits per heavy atom. The van der Waals surface area contributed by atoms with E-state index in [1.807, 2.05) is 24.3 Å². The van der Waals surface area contributed by atoms with E-state index in [2.05, 4.69) is 11.1 Å². The van der Waals surface area contributed by atoms with Crippen molar-refractivity contribution >= 4 is 23.3 Å². The number of hydrogen-bond donors (Lipinski definition) is 1. The molecule has 1 aliphatic rings. The SMILES string of the molecule is Cl.N#Cc1cccc2ccc(OC3CCC(N)CC3)nc12. The maximum atomic E-state index is 9.13. The Morgan fingerprint density at radius 3 is 2.62 bits per heavy atom. The Hall–Kier alpha value is -1.83. The van der Waals surface area contributed by atoms with Gasteiger partial charge in [-0.2, -0.15) is 5.26 Å². The van der Waals surface area contributed by atoms with Gasteiger partial charge in [-0.1, -0.05) is 12.1 Å². The van der Waals surface area contributed by atoms with Gasteiger partial charge in [0.15, 0.2) is 0 Å². The summed E-state index contributed by atoms with van der Waals surface area (Å²) in [4.78, 5) is 4.48. The first-order valence-corrected chi connectivity index (χ1v) is 6.98. The second-order valence-electron chi connectivity index (χ2n) is 5.29. The van der Waals surface area contributed by atoms with Crippen LogP contribution >= 0.6 is 12.4 Å². The van der Waals surface area contributed by atoms with Crippen LogP contribution in [0.4, 0.5) is 0 Å². The zero-order valence-electron chi connectivity index (χ0n) is 11.7. The number of pyridine rings is 1. The topological polar surface area (TPSA) is 71.9 Å². The lowest BCUT2D eigenvalue weighted by molar-refractivity contribution is 0.141. The number of nitrogens with two attached hydrogens (primary N) is 1. The highest BCUT2D eigenvalue weighted by atomic mass is 35.5. The first kappa shape index (κ1) is 15.6. The average Bonchev–Trinajstić information content (AvgIpc) is 2.49. The molecule has 0 saturated heterocycles. The van der Waals surface area contributed by atoms with Gasteiger partial charge < -0.3 is 10.5 Å². The van der Waals surface area contributed by atoms with Crippen molar-refractivity contribution < 1.29 is 4.74 Å². The molecule has 1 saturated carbocycles. The molecule has 4 nitrogen and oxygen atoms in total. The van der Waals surface area contributed by atoms with E-state index in [-0.39, 0.29) is 18.5 Å². The Morgan fingerprint density at radius 2 is 1.90 bits per heavy atom. The van der Waals surface area contributed by atoms with Crippen molar-refractivity contribution in [2.45, 2.75) is 37.8 Å². The first-order valence-electron chi connectivity index (χ1n) is 6.98. The van der Waals surface area contributed by atoms with E-state index in [0.29, 0.717) is 23.0 Å². The molecule has 0 radical (unpaired) electrons. The molecule has 0 aliphatic heterocycles. The van der Waals surface area contributed by atoms with Crippen LogP contribution in [0.25, 0.3) is 10.9 Å². The number of fused-ring (bicyclic) bond motifs is 1. The van der Waals surface area contributed by atoms with E-state index < -0.39 is 0 Å². The normalized spacial score (nSPS) is 21.3. The van der Waals surface area contributed by atoms with E-state index in [4.69, 9.17) is 15.7 Å².